The normalized spacial score (nSPS) is 14.5. The predicted molar refractivity (Wildman–Crippen MR) is 101 cm³/mol. The number of hydrogen-bond acceptors (Lipinski definition) is 10. The van der Waals surface area contributed by atoms with Crippen LogP contribution in [0, 0.1) is 0 Å². The summed E-state index contributed by atoms with van der Waals surface area (Å²) in [5.41, 5.74) is 0. The molecular formula is C18H30N2O9. The minimum atomic E-state index is -0.960. The van der Waals surface area contributed by atoms with Crippen molar-refractivity contribution in [1.29, 1.82) is 0 Å². The Morgan fingerprint density at radius 1 is 0.966 bits per heavy atom. The fraction of sp³-hybridized carbons (Fsp3) is 0.667. The van der Waals surface area contributed by atoms with Crippen LogP contribution in [-0.4, -0.2) is 75.3 Å². The molecule has 1 amide bonds. The van der Waals surface area contributed by atoms with Crippen LogP contribution in [0.2, 0.25) is 0 Å². The van der Waals surface area contributed by atoms with E-state index in [-0.39, 0.29) is 19.8 Å². The van der Waals surface area contributed by atoms with Crippen molar-refractivity contribution in [2.45, 2.75) is 52.2 Å². The maximum absolute atomic E-state index is 11.6. The summed E-state index contributed by atoms with van der Waals surface area (Å²) in [6, 6.07) is 0. The fourth-order valence-electron chi connectivity index (χ4n) is 2.15. The lowest BCUT2D eigenvalue weighted by atomic mass is 10.2. The van der Waals surface area contributed by atoms with Crippen molar-refractivity contribution in [3.05, 3.63) is 12.7 Å². The van der Waals surface area contributed by atoms with E-state index in [1.807, 2.05) is 0 Å². The van der Waals surface area contributed by atoms with E-state index < -0.39 is 48.5 Å². The number of hydrogen-bond donors (Lipinski definition) is 2. The standard InChI is InChI=1S/C18H30N2O9/c1-7-8-25-18(24)20-9-15(28-14(5)23)17(19-6)29-16(10-26-12(3)21)11(2)27-13(4)22/h7,11,15-17,19H,1,8-10H2,2-6H3,(H,20,24)/t11-,15?,16?,17+/m1/s1. The number of rotatable bonds is 13. The Morgan fingerprint density at radius 3 is 2.07 bits per heavy atom. The van der Waals surface area contributed by atoms with E-state index in [4.69, 9.17) is 23.7 Å². The van der Waals surface area contributed by atoms with Gasteiger partial charge in [0.15, 0.2) is 6.10 Å². The molecule has 0 aliphatic heterocycles. The lowest BCUT2D eigenvalue weighted by molar-refractivity contribution is -0.182. The summed E-state index contributed by atoms with van der Waals surface area (Å²) in [6.45, 7) is 8.33. The van der Waals surface area contributed by atoms with E-state index >= 15 is 0 Å². The highest BCUT2D eigenvalue weighted by Crippen LogP contribution is 2.12. The lowest BCUT2D eigenvalue weighted by Gasteiger charge is -2.32. The molecule has 0 heterocycles. The van der Waals surface area contributed by atoms with Crippen molar-refractivity contribution in [3.63, 3.8) is 0 Å². The van der Waals surface area contributed by atoms with Crippen LogP contribution in [-0.2, 0) is 38.1 Å². The third kappa shape index (κ3) is 12.4. The van der Waals surface area contributed by atoms with Gasteiger partial charge in [-0.25, -0.2) is 4.79 Å². The third-order valence-electron chi connectivity index (χ3n) is 3.37. The zero-order chi connectivity index (χ0) is 22.4. The Bertz CT molecular complexity index is 568. The molecule has 0 aromatic carbocycles. The molecule has 11 nitrogen and oxygen atoms in total. The van der Waals surface area contributed by atoms with Crippen LogP contribution in [0.25, 0.3) is 0 Å². The molecule has 0 aromatic heterocycles. The minimum absolute atomic E-state index is 0.0143. The van der Waals surface area contributed by atoms with Crippen molar-refractivity contribution in [3.8, 4) is 0 Å². The SMILES string of the molecule is C=CCOC(=O)NCC(OC(C)=O)[C@@H](NC)OC(COC(C)=O)[C@@H](C)OC(C)=O. The Morgan fingerprint density at radius 2 is 1.59 bits per heavy atom. The third-order valence-corrected chi connectivity index (χ3v) is 3.37. The van der Waals surface area contributed by atoms with Crippen LogP contribution < -0.4 is 10.6 Å². The minimum Gasteiger partial charge on any atom is -0.463 e. The molecule has 0 fully saturated rings. The number of carbonyl (C=O) groups is 4. The zero-order valence-electron chi connectivity index (χ0n) is 17.4. The summed E-state index contributed by atoms with van der Waals surface area (Å²) >= 11 is 0. The maximum atomic E-state index is 11.6. The fourth-order valence-corrected chi connectivity index (χ4v) is 2.15. The Labute approximate surface area is 170 Å². The molecule has 0 bridgehead atoms. The van der Waals surface area contributed by atoms with Gasteiger partial charge in [0.25, 0.3) is 0 Å². The highest BCUT2D eigenvalue weighted by Gasteiger charge is 2.31. The topological polar surface area (TPSA) is 138 Å². The first kappa shape index (κ1) is 26.3. The van der Waals surface area contributed by atoms with Crippen molar-refractivity contribution < 1.29 is 42.9 Å². The first-order valence-corrected chi connectivity index (χ1v) is 8.92. The predicted octanol–water partition coefficient (Wildman–Crippen LogP) is 0.276. The van der Waals surface area contributed by atoms with Gasteiger partial charge in [-0.3, -0.25) is 19.7 Å². The number of ether oxygens (including phenoxy) is 5. The van der Waals surface area contributed by atoms with Crippen LogP contribution in [0.3, 0.4) is 0 Å². The summed E-state index contributed by atoms with van der Waals surface area (Å²) in [5.74, 6) is -1.69. The van der Waals surface area contributed by atoms with E-state index in [2.05, 4.69) is 17.2 Å². The summed E-state index contributed by atoms with van der Waals surface area (Å²) in [7, 11) is 1.54. The second-order valence-electron chi connectivity index (χ2n) is 5.92. The molecule has 4 atom stereocenters. The Kier molecular flexibility index (Phi) is 13.0. The van der Waals surface area contributed by atoms with Gasteiger partial charge >= 0.3 is 24.0 Å². The second kappa shape index (κ2) is 14.4. The smallest absolute Gasteiger partial charge is 0.407 e. The van der Waals surface area contributed by atoms with Crippen molar-refractivity contribution >= 4 is 24.0 Å². The van der Waals surface area contributed by atoms with Crippen LogP contribution >= 0.6 is 0 Å². The largest absolute Gasteiger partial charge is 0.463 e. The molecule has 0 aliphatic rings. The van der Waals surface area contributed by atoms with Crippen LogP contribution in [0.1, 0.15) is 27.7 Å². The highest BCUT2D eigenvalue weighted by molar-refractivity contribution is 5.68. The quantitative estimate of drug-likeness (QED) is 0.185. The average Bonchev–Trinajstić information content (AvgIpc) is 2.62. The van der Waals surface area contributed by atoms with E-state index in [1.54, 1.807) is 6.92 Å². The first-order chi connectivity index (χ1) is 13.6. The first-order valence-electron chi connectivity index (χ1n) is 8.92. The van der Waals surface area contributed by atoms with E-state index in [0.717, 1.165) is 0 Å². The van der Waals surface area contributed by atoms with Gasteiger partial charge in [0.1, 0.15) is 31.6 Å². The van der Waals surface area contributed by atoms with Gasteiger partial charge in [0.05, 0.1) is 6.54 Å². The van der Waals surface area contributed by atoms with Crippen molar-refractivity contribution in [2.75, 3.05) is 26.8 Å². The summed E-state index contributed by atoms with van der Waals surface area (Å²) < 4.78 is 25.9. The molecule has 0 saturated heterocycles. The molecular weight excluding hydrogens is 388 g/mol. The van der Waals surface area contributed by atoms with Crippen molar-refractivity contribution in [2.24, 2.45) is 0 Å². The average molecular weight is 418 g/mol. The zero-order valence-corrected chi connectivity index (χ0v) is 17.4. The number of alkyl carbamates (subject to hydrolysis) is 1. The number of esters is 3. The summed E-state index contributed by atoms with van der Waals surface area (Å²) in [6.07, 6.45) is -2.87. The van der Waals surface area contributed by atoms with Crippen LogP contribution in [0.5, 0.6) is 0 Å². The molecule has 2 N–H and O–H groups in total. The van der Waals surface area contributed by atoms with Gasteiger partial charge in [-0.2, -0.15) is 0 Å². The molecule has 0 aromatic rings. The molecule has 0 spiro atoms. The molecule has 29 heavy (non-hydrogen) atoms. The van der Waals surface area contributed by atoms with Crippen LogP contribution in [0.15, 0.2) is 12.7 Å². The maximum Gasteiger partial charge on any atom is 0.407 e. The Balaban J connectivity index is 5.24. The molecule has 2 unspecified atom stereocenters. The molecule has 0 rings (SSSR count). The monoisotopic (exact) mass is 418 g/mol. The highest BCUT2D eigenvalue weighted by atomic mass is 16.6. The van der Waals surface area contributed by atoms with E-state index in [0.29, 0.717) is 0 Å². The Hall–Kier alpha value is -2.66. The van der Waals surface area contributed by atoms with Gasteiger partial charge in [-0.05, 0) is 14.0 Å². The number of carbonyl (C=O) groups excluding carboxylic acids is 4. The van der Waals surface area contributed by atoms with Gasteiger partial charge < -0.3 is 29.0 Å². The summed E-state index contributed by atoms with van der Waals surface area (Å²) in [4.78, 5) is 45.5. The van der Waals surface area contributed by atoms with Gasteiger partial charge in [0, 0.05) is 20.8 Å². The van der Waals surface area contributed by atoms with Gasteiger partial charge in [-0.15, -0.1) is 0 Å². The van der Waals surface area contributed by atoms with Gasteiger partial charge in [-0.1, -0.05) is 12.7 Å². The number of nitrogens with one attached hydrogen (secondary N) is 2. The number of amides is 1. The second-order valence-corrected chi connectivity index (χ2v) is 5.92. The number of likely N-dealkylation sites (N-methyl/N-ethyl adjacent to an activating group) is 1. The van der Waals surface area contributed by atoms with E-state index in [1.165, 1.54) is 33.9 Å². The van der Waals surface area contributed by atoms with Gasteiger partial charge in [0.2, 0.25) is 0 Å². The molecule has 11 heteroatoms. The van der Waals surface area contributed by atoms with Crippen molar-refractivity contribution in [1.82, 2.24) is 10.6 Å². The lowest BCUT2D eigenvalue weighted by Crippen LogP contribution is -2.52. The van der Waals surface area contributed by atoms with E-state index in [9.17, 15) is 19.2 Å². The van der Waals surface area contributed by atoms with Crippen LogP contribution in [0.4, 0.5) is 4.79 Å². The molecule has 166 valence electrons. The molecule has 0 saturated carbocycles. The molecule has 0 radical (unpaired) electrons. The molecule has 0 aliphatic carbocycles. The summed E-state index contributed by atoms with van der Waals surface area (Å²) in [5, 5.41) is 5.26.